The summed E-state index contributed by atoms with van der Waals surface area (Å²) in [6, 6.07) is 0.666. The highest BCUT2D eigenvalue weighted by atomic mass is 16.3. The predicted molar refractivity (Wildman–Crippen MR) is 69.6 cm³/mol. The third-order valence-electron chi connectivity index (χ3n) is 4.10. The maximum Gasteiger partial charge on any atom is 0.0580 e. The lowest BCUT2D eigenvalue weighted by Crippen LogP contribution is -2.39. The van der Waals surface area contributed by atoms with E-state index in [0.717, 1.165) is 13.0 Å². The van der Waals surface area contributed by atoms with E-state index < -0.39 is 0 Å². The number of rotatable bonds is 7. The Bertz CT molecular complexity index is 184. The first-order chi connectivity index (χ1) is 7.69. The largest absolute Gasteiger partial charge is 0.393 e. The van der Waals surface area contributed by atoms with Crippen LogP contribution in [0.4, 0.5) is 0 Å². The molecule has 0 aliphatic heterocycles. The quantitative estimate of drug-likeness (QED) is 0.722. The van der Waals surface area contributed by atoms with Gasteiger partial charge < -0.3 is 10.0 Å². The number of aliphatic hydroxyl groups excluding tert-OH is 1. The van der Waals surface area contributed by atoms with Gasteiger partial charge in [0.25, 0.3) is 0 Å². The summed E-state index contributed by atoms with van der Waals surface area (Å²) in [4.78, 5) is 2.59. The van der Waals surface area contributed by atoms with Crippen LogP contribution in [0.1, 0.15) is 59.3 Å². The van der Waals surface area contributed by atoms with Gasteiger partial charge in [-0.2, -0.15) is 0 Å². The molecule has 16 heavy (non-hydrogen) atoms. The number of unbranched alkanes of at least 4 members (excludes halogenated alkanes) is 1. The molecule has 2 heteroatoms. The molecule has 0 amide bonds. The van der Waals surface area contributed by atoms with Crippen LogP contribution in [0.15, 0.2) is 0 Å². The van der Waals surface area contributed by atoms with Crippen molar-refractivity contribution in [3.05, 3.63) is 0 Å². The van der Waals surface area contributed by atoms with Gasteiger partial charge in [0.1, 0.15) is 0 Å². The maximum absolute atomic E-state index is 9.89. The van der Waals surface area contributed by atoms with Crippen LogP contribution in [0.2, 0.25) is 0 Å². The highest BCUT2D eigenvalue weighted by Gasteiger charge is 2.27. The second-order valence-electron chi connectivity index (χ2n) is 5.36. The van der Waals surface area contributed by atoms with E-state index in [1.807, 2.05) is 0 Å². The summed E-state index contributed by atoms with van der Waals surface area (Å²) in [6.45, 7) is 9.13. The van der Waals surface area contributed by atoms with Crippen molar-refractivity contribution in [2.45, 2.75) is 71.4 Å². The molecule has 0 spiro atoms. The molecule has 0 bridgehead atoms. The third-order valence-corrected chi connectivity index (χ3v) is 4.10. The van der Waals surface area contributed by atoms with Gasteiger partial charge in [0.05, 0.1) is 6.10 Å². The van der Waals surface area contributed by atoms with Crippen LogP contribution in [-0.4, -0.2) is 35.2 Å². The normalized spacial score (nSPS) is 27.6. The van der Waals surface area contributed by atoms with E-state index in [2.05, 4.69) is 25.7 Å². The van der Waals surface area contributed by atoms with Crippen molar-refractivity contribution >= 4 is 0 Å². The SMILES string of the molecule is CCCCN(CC1CCCC1O)C(C)CC. The average molecular weight is 227 g/mol. The molecular weight excluding hydrogens is 198 g/mol. The van der Waals surface area contributed by atoms with Crippen molar-refractivity contribution in [1.82, 2.24) is 4.90 Å². The van der Waals surface area contributed by atoms with Gasteiger partial charge in [-0.05, 0) is 45.1 Å². The van der Waals surface area contributed by atoms with E-state index in [-0.39, 0.29) is 6.10 Å². The Morgan fingerprint density at radius 3 is 2.56 bits per heavy atom. The minimum Gasteiger partial charge on any atom is -0.393 e. The van der Waals surface area contributed by atoms with E-state index >= 15 is 0 Å². The van der Waals surface area contributed by atoms with Crippen LogP contribution in [0.3, 0.4) is 0 Å². The zero-order valence-electron chi connectivity index (χ0n) is 11.3. The number of aliphatic hydroxyl groups is 1. The van der Waals surface area contributed by atoms with Crippen LogP contribution in [0, 0.1) is 5.92 Å². The van der Waals surface area contributed by atoms with Crippen molar-refractivity contribution in [2.24, 2.45) is 5.92 Å². The fourth-order valence-electron chi connectivity index (χ4n) is 2.64. The van der Waals surface area contributed by atoms with Gasteiger partial charge in [-0.3, -0.25) is 0 Å². The Labute approximate surface area is 101 Å². The topological polar surface area (TPSA) is 23.5 Å². The number of hydrogen-bond acceptors (Lipinski definition) is 2. The zero-order valence-corrected chi connectivity index (χ0v) is 11.3. The lowest BCUT2D eigenvalue weighted by molar-refractivity contribution is 0.0863. The van der Waals surface area contributed by atoms with Gasteiger partial charge in [0, 0.05) is 12.6 Å². The molecule has 1 aliphatic carbocycles. The Kier molecular flexibility index (Phi) is 6.37. The number of nitrogens with zero attached hydrogens (tertiary/aromatic N) is 1. The molecule has 0 aromatic rings. The molecule has 3 atom stereocenters. The van der Waals surface area contributed by atoms with Crippen molar-refractivity contribution < 1.29 is 5.11 Å². The lowest BCUT2D eigenvalue weighted by Gasteiger charge is -2.31. The van der Waals surface area contributed by atoms with E-state index in [1.165, 1.54) is 38.6 Å². The summed E-state index contributed by atoms with van der Waals surface area (Å²) in [6.07, 6.45) is 7.19. The van der Waals surface area contributed by atoms with Gasteiger partial charge in [-0.25, -0.2) is 0 Å². The summed E-state index contributed by atoms with van der Waals surface area (Å²) in [5.74, 6) is 0.533. The smallest absolute Gasteiger partial charge is 0.0580 e. The first-order valence-corrected chi connectivity index (χ1v) is 7.11. The third kappa shape index (κ3) is 4.06. The molecule has 0 aromatic carbocycles. The van der Waals surface area contributed by atoms with Crippen LogP contribution in [0.5, 0.6) is 0 Å². The fraction of sp³-hybridized carbons (Fsp3) is 1.00. The average Bonchev–Trinajstić information content (AvgIpc) is 2.69. The van der Waals surface area contributed by atoms with Gasteiger partial charge in [0.2, 0.25) is 0 Å². The molecular formula is C14H29NO. The summed E-state index contributed by atoms with van der Waals surface area (Å²) in [5, 5.41) is 9.89. The highest BCUT2D eigenvalue weighted by Crippen LogP contribution is 2.27. The molecule has 1 saturated carbocycles. The Hall–Kier alpha value is -0.0800. The second kappa shape index (κ2) is 7.29. The predicted octanol–water partition coefficient (Wildman–Crippen LogP) is 3.05. The molecule has 96 valence electrons. The molecule has 1 N–H and O–H groups in total. The summed E-state index contributed by atoms with van der Waals surface area (Å²) >= 11 is 0. The van der Waals surface area contributed by atoms with Crippen LogP contribution in [0.25, 0.3) is 0 Å². The monoisotopic (exact) mass is 227 g/mol. The molecule has 3 unspecified atom stereocenters. The van der Waals surface area contributed by atoms with Gasteiger partial charge in [-0.1, -0.05) is 26.7 Å². The van der Waals surface area contributed by atoms with E-state index in [4.69, 9.17) is 0 Å². The summed E-state index contributed by atoms with van der Waals surface area (Å²) in [5.41, 5.74) is 0. The summed E-state index contributed by atoms with van der Waals surface area (Å²) in [7, 11) is 0. The van der Waals surface area contributed by atoms with Crippen LogP contribution in [-0.2, 0) is 0 Å². The molecule has 0 aromatic heterocycles. The molecule has 1 aliphatic rings. The molecule has 1 fully saturated rings. The Morgan fingerprint density at radius 2 is 2.06 bits per heavy atom. The maximum atomic E-state index is 9.89. The lowest BCUT2D eigenvalue weighted by atomic mass is 10.0. The van der Waals surface area contributed by atoms with Gasteiger partial charge in [0.15, 0.2) is 0 Å². The first kappa shape index (κ1) is 14.0. The molecule has 2 nitrogen and oxygen atoms in total. The standard InChI is InChI=1S/C14H29NO/c1-4-6-10-15(12(3)5-2)11-13-8-7-9-14(13)16/h12-14,16H,4-11H2,1-3H3. The Balaban J connectivity index is 2.41. The fourth-order valence-corrected chi connectivity index (χ4v) is 2.64. The van der Waals surface area contributed by atoms with E-state index in [0.29, 0.717) is 12.0 Å². The highest BCUT2D eigenvalue weighted by molar-refractivity contribution is 4.81. The summed E-state index contributed by atoms with van der Waals surface area (Å²) < 4.78 is 0. The minimum absolute atomic E-state index is 0.0341. The van der Waals surface area contributed by atoms with Gasteiger partial charge >= 0.3 is 0 Å². The van der Waals surface area contributed by atoms with Crippen LogP contribution >= 0.6 is 0 Å². The van der Waals surface area contributed by atoms with Crippen molar-refractivity contribution in [1.29, 1.82) is 0 Å². The molecule has 0 saturated heterocycles. The second-order valence-corrected chi connectivity index (χ2v) is 5.36. The van der Waals surface area contributed by atoms with Gasteiger partial charge in [-0.15, -0.1) is 0 Å². The first-order valence-electron chi connectivity index (χ1n) is 7.11. The Morgan fingerprint density at radius 1 is 1.31 bits per heavy atom. The minimum atomic E-state index is -0.0341. The number of hydrogen-bond donors (Lipinski definition) is 1. The van der Waals surface area contributed by atoms with E-state index in [1.54, 1.807) is 0 Å². The van der Waals surface area contributed by atoms with Crippen LogP contribution < -0.4 is 0 Å². The van der Waals surface area contributed by atoms with E-state index in [9.17, 15) is 5.11 Å². The zero-order chi connectivity index (χ0) is 12.0. The molecule has 0 radical (unpaired) electrons. The molecule has 1 rings (SSSR count). The van der Waals surface area contributed by atoms with Crippen molar-refractivity contribution in [3.8, 4) is 0 Å². The molecule has 0 heterocycles. The van der Waals surface area contributed by atoms with Crippen molar-refractivity contribution in [2.75, 3.05) is 13.1 Å². The van der Waals surface area contributed by atoms with Crippen molar-refractivity contribution in [3.63, 3.8) is 0 Å².